The molecule has 17 heavy (non-hydrogen) atoms. The van der Waals surface area contributed by atoms with Crippen molar-refractivity contribution in [2.24, 2.45) is 0 Å². The highest BCUT2D eigenvalue weighted by atomic mass is 31.1. The minimum absolute atomic E-state index is 1.25. The average molecular weight is 258 g/mol. The van der Waals surface area contributed by atoms with Crippen molar-refractivity contribution in [3.63, 3.8) is 0 Å². The minimum Gasteiger partial charge on any atom is -0.122 e. The summed E-state index contributed by atoms with van der Waals surface area (Å²) in [6.07, 6.45) is 20.5. The van der Waals surface area contributed by atoms with Crippen LogP contribution in [0.25, 0.3) is 0 Å². The zero-order valence-electron chi connectivity index (χ0n) is 12.4. The van der Waals surface area contributed by atoms with E-state index in [9.17, 15) is 0 Å². The van der Waals surface area contributed by atoms with Gasteiger partial charge in [-0.3, -0.25) is 0 Å². The zero-order chi connectivity index (χ0) is 12.6. The Morgan fingerprint density at radius 2 is 0.824 bits per heavy atom. The Bertz CT molecular complexity index is 109. The summed E-state index contributed by atoms with van der Waals surface area (Å²) in [5, 5.41) is 0. The Balaban J connectivity index is 2.85. The quantitative estimate of drug-likeness (QED) is 0.250. The molecule has 0 bridgehead atoms. The van der Waals surface area contributed by atoms with E-state index >= 15 is 0 Å². The van der Waals surface area contributed by atoms with Crippen molar-refractivity contribution in [1.29, 1.82) is 0 Å². The second-order valence-corrected chi connectivity index (χ2v) is 6.79. The molecule has 0 fully saturated rings. The molecule has 0 aromatic heterocycles. The normalized spacial score (nSPS) is 11.6. The molecule has 0 aliphatic heterocycles. The molecule has 0 aromatic carbocycles. The minimum atomic E-state index is 1.25. The smallest absolute Gasteiger partial charge is 0.0353 e. The van der Waals surface area contributed by atoms with Crippen LogP contribution in [-0.2, 0) is 0 Å². The summed E-state index contributed by atoms with van der Waals surface area (Å²) in [7, 11) is 1.25. The van der Waals surface area contributed by atoms with Gasteiger partial charge in [-0.2, -0.15) is 0 Å². The van der Waals surface area contributed by atoms with E-state index in [-0.39, 0.29) is 0 Å². The molecule has 0 N–H and O–H groups in total. The highest BCUT2D eigenvalue weighted by Gasteiger charge is 1.93. The molecular weight excluding hydrogens is 223 g/mol. The van der Waals surface area contributed by atoms with Gasteiger partial charge in [-0.25, -0.2) is 0 Å². The molecule has 0 saturated heterocycles. The van der Waals surface area contributed by atoms with Gasteiger partial charge in [0.1, 0.15) is 0 Å². The summed E-state index contributed by atoms with van der Waals surface area (Å²) in [6.45, 7) is 4.59. The monoisotopic (exact) mass is 258 g/mol. The number of hydrogen-bond acceptors (Lipinski definition) is 0. The molecule has 0 saturated carbocycles. The van der Waals surface area contributed by atoms with Crippen LogP contribution in [0.3, 0.4) is 0 Å². The highest BCUT2D eigenvalue weighted by Crippen LogP contribution is 2.17. The lowest BCUT2D eigenvalue weighted by Crippen LogP contribution is -1.84. The van der Waals surface area contributed by atoms with Gasteiger partial charge in [0, 0.05) is 0 Å². The molecule has 1 unspecified atom stereocenters. The third-order valence-corrected chi connectivity index (χ3v) is 4.83. The maximum Gasteiger partial charge on any atom is -0.0353 e. The summed E-state index contributed by atoms with van der Waals surface area (Å²) in [5.41, 5.74) is 0. The van der Waals surface area contributed by atoms with Gasteiger partial charge in [-0.05, 0) is 25.2 Å². The molecule has 0 heterocycles. The van der Waals surface area contributed by atoms with Gasteiger partial charge in [-0.15, -0.1) is 8.58 Å². The van der Waals surface area contributed by atoms with Crippen LogP contribution in [-0.4, -0.2) is 12.3 Å². The van der Waals surface area contributed by atoms with Crippen LogP contribution in [0.5, 0.6) is 0 Å². The van der Waals surface area contributed by atoms with Crippen molar-refractivity contribution in [1.82, 2.24) is 0 Å². The lowest BCUT2D eigenvalue weighted by Gasteiger charge is -2.02. The van der Waals surface area contributed by atoms with Crippen molar-refractivity contribution in [3.05, 3.63) is 0 Å². The van der Waals surface area contributed by atoms with Crippen molar-refractivity contribution in [2.45, 2.75) is 90.9 Å². The summed E-state index contributed by atoms with van der Waals surface area (Å²) < 4.78 is 0. The fourth-order valence-electron chi connectivity index (χ4n) is 2.19. The van der Waals surface area contributed by atoms with Crippen molar-refractivity contribution < 1.29 is 0 Å². The maximum absolute atomic E-state index is 2.30. The third-order valence-electron chi connectivity index (χ3n) is 3.41. The lowest BCUT2D eigenvalue weighted by atomic mass is 10.1. The van der Waals surface area contributed by atoms with Gasteiger partial charge in [0.15, 0.2) is 0 Å². The first-order chi connectivity index (χ1) is 8.41. The Hall–Kier alpha value is 0.430. The molecular formula is C16H35P. The Kier molecular flexibility index (Phi) is 16.8. The van der Waals surface area contributed by atoms with E-state index in [1.165, 1.54) is 98.0 Å². The van der Waals surface area contributed by atoms with Crippen molar-refractivity contribution in [3.8, 4) is 0 Å². The molecule has 0 aliphatic carbocycles. The fourth-order valence-corrected chi connectivity index (χ4v) is 3.44. The van der Waals surface area contributed by atoms with Gasteiger partial charge >= 0.3 is 0 Å². The summed E-state index contributed by atoms with van der Waals surface area (Å²) in [5.74, 6) is 0. The molecule has 104 valence electrons. The van der Waals surface area contributed by atoms with E-state index in [1.54, 1.807) is 0 Å². The molecule has 0 amide bonds. The van der Waals surface area contributed by atoms with Crippen LogP contribution >= 0.6 is 8.58 Å². The van der Waals surface area contributed by atoms with E-state index in [4.69, 9.17) is 0 Å². The molecule has 0 spiro atoms. The van der Waals surface area contributed by atoms with Gasteiger partial charge in [0.2, 0.25) is 0 Å². The van der Waals surface area contributed by atoms with E-state index < -0.39 is 0 Å². The zero-order valence-corrected chi connectivity index (χ0v) is 13.4. The molecule has 0 nitrogen and oxygen atoms in total. The van der Waals surface area contributed by atoms with Crippen LogP contribution in [0.15, 0.2) is 0 Å². The van der Waals surface area contributed by atoms with Crippen LogP contribution < -0.4 is 0 Å². The fraction of sp³-hybridized carbons (Fsp3) is 1.00. The second kappa shape index (κ2) is 16.4. The molecule has 1 atom stereocenters. The van der Waals surface area contributed by atoms with Crippen LogP contribution in [0.4, 0.5) is 0 Å². The largest absolute Gasteiger partial charge is 0.122 e. The first kappa shape index (κ1) is 17.4. The van der Waals surface area contributed by atoms with E-state index in [0.717, 1.165) is 0 Å². The standard InChI is InChI=1S/C16H35P/c1-3-5-7-8-9-10-11-12-14-16-17-15-13-6-4-2/h17H,3-16H2,1-2H3. The Labute approximate surface area is 112 Å². The summed E-state index contributed by atoms with van der Waals surface area (Å²) >= 11 is 0. The third kappa shape index (κ3) is 16.4. The van der Waals surface area contributed by atoms with E-state index in [2.05, 4.69) is 13.8 Å². The first-order valence-electron chi connectivity index (χ1n) is 8.12. The molecule has 1 heteroatoms. The van der Waals surface area contributed by atoms with Crippen LogP contribution in [0.1, 0.15) is 90.9 Å². The van der Waals surface area contributed by atoms with Gasteiger partial charge in [-0.1, -0.05) is 78.1 Å². The highest BCUT2D eigenvalue weighted by molar-refractivity contribution is 7.37. The summed E-state index contributed by atoms with van der Waals surface area (Å²) in [4.78, 5) is 0. The van der Waals surface area contributed by atoms with E-state index in [0.29, 0.717) is 0 Å². The predicted octanol–water partition coefficient (Wildman–Crippen LogP) is 6.39. The average Bonchev–Trinajstić information content (AvgIpc) is 2.35. The molecule has 0 aromatic rings. The van der Waals surface area contributed by atoms with Gasteiger partial charge in [0.05, 0.1) is 0 Å². The lowest BCUT2D eigenvalue weighted by molar-refractivity contribution is 0.573. The maximum atomic E-state index is 2.30. The Morgan fingerprint density at radius 3 is 1.35 bits per heavy atom. The topological polar surface area (TPSA) is 0 Å². The van der Waals surface area contributed by atoms with Crippen molar-refractivity contribution >= 4 is 8.58 Å². The van der Waals surface area contributed by atoms with Crippen molar-refractivity contribution in [2.75, 3.05) is 12.3 Å². The number of unbranched alkanes of at least 4 members (excludes halogenated alkanes) is 10. The second-order valence-electron chi connectivity index (χ2n) is 5.29. The molecule has 0 radical (unpaired) electrons. The number of hydrogen-bond donors (Lipinski definition) is 0. The van der Waals surface area contributed by atoms with Gasteiger partial charge < -0.3 is 0 Å². The SMILES string of the molecule is CCCCCCCCCCCPCCCCC. The molecule has 0 rings (SSSR count). The summed E-state index contributed by atoms with van der Waals surface area (Å²) in [6, 6.07) is 0. The predicted molar refractivity (Wildman–Crippen MR) is 84.8 cm³/mol. The first-order valence-corrected chi connectivity index (χ1v) is 9.54. The van der Waals surface area contributed by atoms with Gasteiger partial charge in [0.25, 0.3) is 0 Å². The molecule has 0 aliphatic rings. The Morgan fingerprint density at radius 1 is 0.471 bits per heavy atom. The van der Waals surface area contributed by atoms with Crippen LogP contribution in [0.2, 0.25) is 0 Å². The number of rotatable bonds is 14. The van der Waals surface area contributed by atoms with E-state index in [1.807, 2.05) is 0 Å². The van der Waals surface area contributed by atoms with Crippen LogP contribution in [0, 0.1) is 0 Å².